The van der Waals surface area contributed by atoms with Crippen LogP contribution < -0.4 is 4.74 Å². The number of aliphatic hydroxyl groups excluding tert-OH is 1. The van der Waals surface area contributed by atoms with E-state index < -0.39 is 6.10 Å². The quantitative estimate of drug-likeness (QED) is 0.747. The number of nitrogens with zero attached hydrogens (tertiary/aromatic N) is 1. The van der Waals surface area contributed by atoms with Gasteiger partial charge in [-0.3, -0.25) is 4.90 Å². The summed E-state index contributed by atoms with van der Waals surface area (Å²) in [7, 11) is 0. The highest BCUT2D eigenvalue weighted by Crippen LogP contribution is 2.25. The largest absolute Gasteiger partial charge is 0.494 e. The number of aliphatic hydroxyl groups is 1. The van der Waals surface area contributed by atoms with Crippen LogP contribution in [0.1, 0.15) is 57.8 Å². The predicted octanol–water partition coefficient (Wildman–Crippen LogP) is 3.76. The van der Waals surface area contributed by atoms with E-state index in [4.69, 9.17) is 4.74 Å². The van der Waals surface area contributed by atoms with Crippen molar-refractivity contribution in [2.45, 2.75) is 53.2 Å². The summed E-state index contributed by atoms with van der Waals surface area (Å²) in [5.74, 6) is 0.937. The van der Waals surface area contributed by atoms with Crippen molar-refractivity contribution < 1.29 is 9.84 Å². The Morgan fingerprint density at radius 1 is 1.25 bits per heavy atom. The normalized spacial score (nSPS) is 12.7. The summed E-state index contributed by atoms with van der Waals surface area (Å²) >= 11 is 0. The van der Waals surface area contributed by atoms with Gasteiger partial charge >= 0.3 is 0 Å². The molecule has 1 rings (SSSR count). The Bertz CT molecular complexity index is 391. The molecule has 0 radical (unpaired) electrons. The second-order valence-electron chi connectivity index (χ2n) is 5.20. The fraction of sp³-hybridized carbons (Fsp3) is 0.647. The van der Waals surface area contributed by atoms with Crippen LogP contribution >= 0.6 is 0 Å². The second-order valence-corrected chi connectivity index (χ2v) is 5.20. The first-order chi connectivity index (χ1) is 9.62. The van der Waals surface area contributed by atoms with Crippen molar-refractivity contribution in [2.75, 3.05) is 19.7 Å². The van der Waals surface area contributed by atoms with Crippen LogP contribution in [0, 0.1) is 0 Å². The summed E-state index contributed by atoms with van der Waals surface area (Å²) in [5, 5.41) is 9.75. The van der Waals surface area contributed by atoms with E-state index in [9.17, 15) is 5.11 Å². The van der Waals surface area contributed by atoms with Gasteiger partial charge in [-0.15, -0.1) is 0 Å². The molecule has 0 fully saturated rings. The minimum Gasteiger partial charge on any atom is -0.494 e. The monoisotopic (exact) mass is 279 g/mol. The Morgan fingerprint density at radius 2 is 2.00 bits per heavy atom. The average molecular weight is 279 g/mol. The van der Waals surface area contributed by atoms with Gasteiger partial charge in [-0.2, -0.15) is 0 Å². The third kappa shape index (κ3) is 5.14. The van der Waals surface area contributed by atoms with E-state index in [1.54, 1.807) is 6.92 Å². The fourth-order valence-corrected chi connectivity index (χ4v) is 2.25. The maximum absolute atomic E-state index is 9.75. The van der Waals surface area contributed by atoms with E-state index in [-0.39, 0.29) is 0 Å². The maximum atomic E-state index is 9.75. The van der Waals surface area contributed by atoms with Crippen LogP contribution in [0.25, 0.3) is 0 Å². The molecular weight excluding hydrogens is 250 g/mol. The fourth-order valence-electron chi connectivity index (χ4n) is 2.25. The SMILES string of the molecule is CCCCN(CC)Cc1cc(C(C)O)ccc1OCC. The zero-order chi connectivity index (χ0) is 15.0. The molecule has 0 saturated carbocycles. The standard InChI is InChI=1S/C17H29NO2/c1-5-8-11-18(6-2)13-16-12-15(14(4)19)9-10-17(16)20-7-3/h9-10,12,14,19H,5-8,11,13H2,1-4H3. The van der Waals surface area contributed by atoms with Crippen molar-refractivity contribution in [2.24, 2.45) is 0 Å². The number of ether oxygens (including phenoxy) is 1. The highest BCUT2D eigenvalue weighted by atomic mass is 16.5. The lowest BCUT2D eigenvalue weighted by Gasteiger charge is -2.22. The van der Waals surface area contributed by atoms with E-state index in [1.807, 2.05) is 19.1 Å². The molecule has 0 saturated heterocycles. The van der Waals surface area contributed by atoms with Gasteiger partial charge in [-0.1, -0.05) is 26.3 Å². The van der Waals surface area contributed by atoms with Crippen molar-refractivity contribution in [1.29, 1.82) is 0 Å². The van der Waals surface area contributed by atoms with Gasteiger partial charge in [-0.05, 0) is 51.1 Å². The first-order valence-electron chi connectivity index (χ1n) is 7.78. The van der Waals surface area contributed by atoms with Gasteiger partial charge in [-0.25, -0.2) is 0 Å². The topological polar surface area (TPSA) is 32.7 Å². The van der Waals surface area contributed by atoms with Crippen molar-refractivity contribution in [1.82, 2.24) is 4.90 Å². The molecule has 0 heterocycles. The molecule has 20 heavy (non-hydrogen) atoms. The number of hydrogen-bond donors (Lipinski definition) is 1. The van der Waals surface area contributed by atoms with Gasteiger partial charge in [0.25, 0.3) is 0 Å². The molecule has 0 bridgehead atoms. The van der Waals surface area contributed by atoms with Crippen LogP contribution in [0.2, 0.25) is 0 Å². The third-order valence-corrected chi connectivity index (χ3v) is 3.54. The smallest absolute Gasteiger partial charge is 0.123 e. The summed E-state index contributed by atoms with van der Waals surface area (Å²) in [6, 6.07) is 6.00. The molecule has 0 aromatic heterocycles. The molecule has 0 aliphatic carbocycles. The Balaban J connectivity index is 2.89. The Kier molecular flexibility index (Phi) is 7.63. The number of benzene rings is 1. The molecule has 1 unspecified atom stereocenters. The molecule has 3 nitrogen and oxygen atoms in total. The van der Waals surface area contributed by atoms with Crippen molar-refractivity contribution in [3.63, 3.8) is 0 Å². The molecule has 114 valence electrons. The van der Waals surface area contributed by atoms with Crippen LogP contribution in [-0.4, -0.2) is 29.7 Å². The molecule has 0 spiro atoms. The van der Waals surface area contributed by atoms with E-state index in [2.05, 4.69) is 24.8 Å². The Labute approximate surface area is 123 Å². The van der Waals surface area contributed by atoms with Crippen LogP contribution in [0.5, 0.6) is 5.75 Å². The molecule has 3 heteroatoms. The first-order valence-corrected chi connectivity index (χ1v) is 7.78. The van der Waals surface area contributed by atoms with Crippen molar-refractivity contribution in [3.8, 4) is 5.75 Å². The molecule has 1 N–H and O–H groups in total. The molecule has 1 aromatic carbocycles. The number of unbranched alkanes of at least 4 members (excludes halogenated alkanes) is 1. The molecule has 0 aliphatic rings. The lowest BCUT2D eigenvalue weighted by molar-refractivity contribution is 0.198. The molecule has 0 amide bonds. The van der Waals surface area contributed by atoms with E-state index in [0.717, 1.165) is 30.9 Å². The van der Waals surface area contributed by atoms with Gasteiger partial charge in [0.05, 0.1) is 12.7 Å². The van der Waals surface area contributed by atoms with E-state index in [1.165, 1.54) is 18.4 Å². The highest BCUT2D eigenvalue weighted by molar-refractivity contribution is 5.38. The van der Waals surface area contributed by atoms with E-state index in [0.29, 0.717) is 6.61 Å². The zero-order valence-corrected chi connectivity index (χ0v) is 13.4. The van der Waals surface area contributed by atoms with Crippen molar-refractivity contribution in [3.05, 3.63) is 29.3 Å². The highest BCUT2D eigenvalue weighted by Gasteiger charge is 2.11. The summed E-state index contributed by atoms with van der Waals surface area (Å²) in [6.45, 7) is 11.9. The van der Waals surface area contributed by atoms with Crippen LogP contribution in [0.15, 0.2) is 18.2 Å². The molecule has 1 atom stereocenters. The molecule has 1 aromatic rings. The number of hydrogen-bond acceptors (Lipinski definition) is 3. The molecule has 0 aliphatic heterocycles. The predicted molar refractivity (Wildman–Crippen MR) is 84.1 cm³/mol. The molecular formula is C17H29NO2. The van der Waals surface area contributed by atoms with E-state index >= 15 is 0 Å². The summed E-state index contributed by atoms with van der Waals surface area (Å²) in [4.78, 5) is 2.42. The van der Waals surface area contributed by atoms with Crippen molar-refractivity contribution >= 4 is 0 Å². The van der Waals surface area contributed by atoms with Gasteiger partial charge in [0.15, 0.2) is 0 Å². The van der Waals surface area contributed by atoms with Crippen LogP contribution in [0.3, 0.4) is 0 Å². The zero-order valence-electron chi connectivity index (χ0n) is 13.4. The summed E-state index contributed by atoms with van der Waals surface area (Å²) < 4.78 is 5.71. The lowest BCUT2D eigenvalue weighted by atomic mass is 10.1. The van der Waals surface area contributed by atoms with Gasteiger partial charge in [0.1, 0.15) is 5.75 Å². The first kappa shape index (κ1) is 17.0. The third-order valence-electron chi connectivity index (χ3n) is 3.54. The minimum absolute atomic E-state index is 0.435. The minimum atomic E-state index is -0.435. The number of rotatable bonds is 9. The van der Waals surface area contributed by atoms with Gasteiger partial charge in [0.2, 0.25) is 0 Å². The average Bonchev–Trinajstić information content (AvgIpc) is 2.44. The summed E-state index contributed by atoms with van der Waals surface area (Å²) in [6.07, 6.45) is 1.99. The second kappa shape index (κ2) is 8.98. The Morgan fingerprint density at radius 3 is 2.55 bits per heavy atom. The van der Waals surface area contributed by atoms with Crippen LogP contribution in [0.4, 0.5) is 0 Å². The Hall–Kier alpha value is -1.06. The van der Waals surface area contributed by atoms with Crippen LogP contribution in [-0.2, 0) is 6.54 Å². The lowest BCUT2D eigenvalue weighted by Crippen LogP contribution is -2.24. The van der Waals surface area contributed by atoms with Gasteiger partial charge < -0.3 is 9.84 Å². The van der Waals surface area contributed by atoms with Gasteiger partial charge in [0, 0.05) is 12.1 Å². The summed E-state index contributed by atoms with van der Waals surface area (Å²) in [5.41, 5.74) is 2.12. The maximum Gasteiger partial charge on any atom is 0.123 e.